The number of fused-ring (bicyclic) bond motifs is 3. The van der Waals surface area contributed by atoms with Gasteiger partial charge in [-0.25, -0.2) is 12.8 Å². The van der Waals surface area contributed by atoms with E-state index >= 15 is 0 Å². The van der Waals surface area contributed by atoms with Gasteiger partial charge in [0.05, 0.1) is 29.0 Å². The molecule has 3 aromatic rings. The van der Waals surface area contributed by atoms with Gasteiger partial charge in [-0.3, -0.25) is 4.79 Å². The first kappa shape index (κ1) is 17.2. The van der Waals surface area contributed by atoms with Crippen LogP contribution < -0.4 is 5.32 Å². The fourth-order valence-electron chi connectivity index (χ4n) is 3.09. The zero-order valence-electron chi connectivity index (χ0n) is 13.5. The Morgan fingerprint density at radius 1 is 1.38 bits per heavy atom. The van der Waals surface area contributed by atoms with E-state index in [1.807, 2.05) is 0 Å². The van der Waals surface area contributed by atoms with Gasteiger partial charge in [-0.2, -0.15) is 5.10 Å². The van der Waals surface area contributed by atoms with Crippen molar-refractivity contribution in [2.75, 3.05) is 17.3 Å². The summed E-state index contributed by atoms with van der Waals surface area (Å²) in [6.07, 6.45) is 2.00. The first-order valence-corrected chi connectivity index (χ1v) is 10.8. The predicted molar refractivity (Wildman–Crippen MR) is 97.3 cm³/mol. The van der Waals surface area contributed by atoms with Gasteiger partial charge in [-0.1, -0.05) is 11.8 Å². The van der Waals surface area contributed by atoms with Gasteiger partial charge < -0.3 is 10.3 Å². The number of thioether (sulfide) groups is 1. The summed E-state index contributed by atoms with van der Waals surface area (Å²) in [5.41, 5.74) is 1.46. The molecule has 3 heterocycles. The number of H-pyrrole nitrogens is 1. The van der Waals surface area contributed by atoms with Gasteiger partial charge in [0, 0.05) is 22.3 Å². The number of hydrogen-bond donors (Lipinski definition) is 2. The monoisotopic (exact) mass is 394 g/mol. The van der Waals surface area contributed by atoms with Gasteiger partial charge in [0.25, 0.3) is 0 Å². The predicted octanol–water partition coefficient (Wildman–Crippen LogP) is 1.65. The van der Waals surface area contributed by atoms with Gasteiger partial charge in [-0.15, -0.1) is 5.10 Å². The molecule has 10 heteroatoms. The Bertz CT molecular complexity index is 1110. The summed E-state index contributed by atoms with van der Waals surface area (Å²) < 4.78 is 36.4. The Morgan fingerprint density at radius 2 is 2.23 bits per heavy atom. The fourth-order valence-corrected chi connectivity index (χ4v) is 5.52. The van der Waals surface area contributed by atoms with Crippen molar-refractivity contribution in [3.8, 4) is 0 Å². The number of aromatic nitrogens is 3. The Hall–Kier alpha value is -2.20. The molecule has 1 amide bonds. The molecule has 7 nitrogen and oxygen atoms in total. The molecule has 0 aliphatic carbocycles. The van der Waals surface area contributed by atoms with Crippen LogP contribution in [0.5, 0.6) is 0 Å². The highest BCUT2D eigenvalue weighted by Crippen LogP contribution is 2.30. The van der Waals surface area contributed by atoms with E-state index in [-0.39, 0.29) is 35.0 Å². The van der Waals surface area contributed by atoms with Crippen LogP contribution in [0.3, 0.4) is 0 Å². The second-order valence-electron chi connectivity index (χ2n) is 6.21. The molecule has 0 saturated carbocycles. The normalized spacial score (nSPS) is 19.2. The average Bonchev–Trinajstić information content (AvgIpc) is 3.12. The van der Waals surface area contributed by atoms with Crippen molar-refractivity contribution < 1.29 is 17.6 Å². The van der Waals surface area contributed by atoms with Crippen molar-refractivity contribution >= 4 is 49.3 Å². The molecule has 0 bridgehead atoms. The number of rotatable bonds is 4. The van der Waals surface area contributed by atoms with E-state index in [9.17, 15) is 17.6 Å². The molecule has 1 atom stereocenters. The molecule has 1 aliphatic rings. The van der Waals surface area contributed by atoms with Crippen molar-refractivity contribution in [2.45, 2.75) is 17.5 Å². The largest absolute Gasteiger partial charge is 0.352 e. The molecule has 0 spiro atoms. The SMILES string of the molecule is O=C(CSc1nncc2c1[nH]c1ccc(F)cc12)N[C@@H]1CCS(=O)(=O)C1. The minimum Gasteiger partial charge on any atom is -0.352 e. The highest BCUT2D eigenvalue weighted by Gasteiger charge is 2.28. The van der Waals surface area contributed by atoms with E-state index in [0.717, 1.165) is 10.9 Å². The summed E-state index contributed by atoms with van der Waals surface area (Å²) in [6, 6.07) is 4.12. The Morgan fingerprint density at radius 3 is 3.00 bits per heavy atom. The number of hydrogen-bond acceptors (Lipinski definition) is 6. The molecule has 2 aromatic heterocycles. The molecule has 1 saturated heterocycles. The average molecular weight is 394 g/mol. The summed E-state index contributed by atoms with van der Waals surface area (Å²) in [7, 11) is -3.03. The topological polar surface area (TPSA) is 105 Å². The lowest BCUT2D eigenvalue weighted by atomic mass is 10.2. The second-order valence-corrected chi connectivity index (χ2v) is 9.40. The lowest BCUT2D eigenvalue weighted by Crippen LogP contribution is -2.36. The number of nitrogens with one attached hydrogen (secondary N) is 2. The first-order valence-electron chi connectivity index (χ1n) is 7.96. The number of carbonyl (C=O) groups excluding carboxylic acids is 1. The van der Waals surface area contributed by atoms with Crippen molar-refractivity contribution in [3.63, 3.8) is 0 Å². The first-order chi connectivity index (χ1) is 12.4. The van der Waals surface area contributed by atoms with Gasteiger partial charge >= 0.3 is 0 Å². The number of sulfone groups is 1. The maximum Gasteiger partial charge on any atom is 0.230 e. The van der Waals surface area contributed by atoms with Crippen LogP contribution in [0.25, 0.3) is 21.8 Å². The number of aromatic amines is 1. The van der Waals surface area contributed by atoms with Crippen LogP contribution in [0, 0.1) is 5.82 Å². The van der Waals surface area contributed by atoms with Gasteiger partial charge in [0.2, 0.25) is 5.91 Å². The minimum absolute atomic E-state index is 0.00756. The third kappa shape index (κ3) is 3.38. The van der Waals surface area contributed by atoms with Crippen LogP contribution in [0.1, 0.15) is 6.42 Å². The summed E-state index contributed by atoms with van der Waals surface area (Å²) in [4.78, 5) is 15.3. The minimum atomic E-state index is -3.03. The lowest BCUT2D eigenvalue weighted by molar-refractivity contribution is -0.119. The van der Waals surface area contributed by atoms with Gasteiger partial charge in [0.1, 0.15) is 10.8 Å². The van der Waals surface area contributed by atoms with Crippen LogP contribution in [-0.2, 0) is 14.6 Å². The van der Waals surface area contributed by atoms with Gasteiger partial charge in [-0.05, 0) is 24.6 Å². The van der Waals surface area contributed by atoms with Crippen LogP contribution in [-0.4, -0.2) is 52.8 Å². The molecule has 1 aromatic carbocycles. The van der Waals surface area contributed by atoms with E-state index in [0.29, 0.717) is 22.3 Å². The third-order valence-electron chi connectivity index (χ3n) is 4.29. The molecule has 0 unspecified atom stereocenters. The van der Waals surface area contributed by atoms with E-state index in [2.05, 4.69) is 20.5 Å². The van der Waals surface area contributed by atoms with E-state index < -0.39 is 9.84 Å². The van der Waals surface area contributed by atoms with Crippen LogP contribution >= 0.6 is 11.8 Å². The summed E-state index contributed by atoms with van der Waals surface area (Å²) in [5.74, 6) is -0.393. The molecule has 0 radical (unpaired) electrons. The summed E-state index contributed by atoms with van der Waals surface area (Å²) in [5, 5.41) is 12.7. The number of carbonyl (C=O) groups is 1. The van der Waals surface area contributed by atoms with Crippen molar-refractivity contribution in [2.24, 2.45) is 0 Å². The molecule has 1 aliphatic heterocycles. The number of nitrogens with zero attached hydrogens (tertiary/aromatic N) is 2. The van der Waals surface area contributed by atoms with Crippen molar-refractivity contribution in [1.82, 2.24) is 20.5 Å². The quantitative estimate of drug-likeness (QED) is 0.652. The number of amides is 1. The maximum atomic E-state index is 13.5. The zero-order chi connectivity index (χ0) is 18.3. The number of halogens is 1. The van der Waals surface area contributed by atoms with E-state index in [1.165, 1.54) is 23.9 Å². The Labute approximate surface area is 152 Å². The van der Waals surface area contributed by atoms with E-state index in [4.69, 9.17) is 0 Å². The molecule has 4 rings (SSSR count). The van der Waals surface area contributed by atoms with Crippen LogP contribution in [0.2, 0.25) is 0 Å². The Kier molecular flexibility index (Phi) is 4.31. The summed E-state index contributed by atoms with van der Waals surface area (Å²) >= 11 is 1.20. The molecule has 136 valence electrons. The zero-order valence-corrected chi connectivity index (χ0v) is 15.2. The highest BCUT2D eigenvalue weighted by molar-refractivity contribution is 8.00. The molecular formula is C16H15FN4O3S2. The third-order valence-corrected chi connectivity index (χ3v) is 7.02. The molecule has 26 heavy (non-hydrogen) atoms. The molecule has 2 N–H and O–H groups in total. The van der Waals surface area contributed by atoms with Crippen LogP contribution in [0.4, 0.5) is 4.39 Å². The lowest BCUT2D eigenvalue weighted by Gasteiger charge is -2.10. The Balaban J connectivity index is 1.50. The van der Waals surface area contributed by atoms with Crippen LogP contribution in [0.15, 0.2) is 29.4 Å². The summed E-state index contributed by atoms with van der Waals surface area (Å²) in [6.45, 7) is 0. The fraction of sp³-hybridized carbons (Fsp3) is 0.312. The van der Waals surface area contributed by atoms with Crippen molar-refractivity contribution in [3.05, 3.63) is 30.2 Å². The maximum absolute atomic E-state index is 13.5. The molecule has 1 fully saturated rings. The number of benzene rings is 1. The van der Waals surface area contributed by atoms with E-state index in [1.54, 1.807) is 12.3 Å². The highest BCUT2D eigenvalue weighted by atomic mass is 32.2. The van der Waals surface area contributed by atoms with Gasteiger partial charge in [0.15, 0.2) is 9.84 Å². The smallest absolute Gasteiger partial charge is 0.230 e. The standard InChI is InChI=1S/C16H15FN4O3S2/c17-9-1-2-13-11(5-9)12-6-18-21-16(15(12)20-13)25-7-14(22)19-10-3-4-26(23,24)8-10/h1-2,5-6,10,20H,3-4,7-8H2,(H,19,22)/t10-/m1/s1. The van der Waals surface area contributed by atoms with Crippen molar-refractivity contribution in [1.29, 1.82) is 0 Å². The molecular weight excluding hydrogens is 379 g/mol. The second kappa shape index (κ2) is 6.51.